The molecular weight excluding hydrogens is 226 g/mol. The van der Waals surface area contributed by atoms with E-state index in [9.17, 15) is 8.78 Å². The highest BCUT2D eigenvalue weighted by Gasteiger charge is 2.34. The molecule has 0 amide bonds. The molecule has 0 fully saturated rings. The molecule has 0 aromatic heterocycles. The molecule has 1 atom stereocenters. The lowest BCUT2D eigenvalue weighted by molar-refractivity contribution is 0.0355. The summed E-state index contributed by atoms with van der Waals surface area (Å²) in [6.07, 6.45) is 3.95. The summed E-state index contributed by atoms with van der Waals surface area (Å²) >= 11 is 2.44. The van der Waals surface area contributed by atoms with E-state index in [1.807, 2.05) is 13.8 Å². The summed E-state index contributed by atoms with van der Waals surface area (Å²) in [6.45, 7) is 3.97. The molecular formula is C9H17BrF2. The largest absolute Gasteiger partial charge is 0.304 e. The lowest BCUT2D eigenvalue weighted by atomic mass is 9.98. The standard InChI is InChI=1S/C9H17BrF2/c1-3-5-7-8(6-4-2)9(10,11)12/h8H,3-7H2,1-2H3. The smallest absolute Gasteiger partial charge is 0.193 e. The fourth-order valence-electron chi connectivity index (χ4n) is 1.27. The van der Waals surface area contributed by atoms with E-state index in [2.05, 4.69) is 15.9 Å². The van der Waals surface area contributed by atoms with Gasteiger partial charge >= 0.3 is 4.83 Å². The van der Waals surface area contributed by atoms with Crippen LogP contribution in [-0.2, 0) is 0 Å². The average molecular weight is 243 g/mol. The Labute approximate surface area is 81.9 Å². The lowest BCUT2D eigenvalue weighted by Gasteiger charge is -2.20. The highest BCUT2D eigenvalue weighted by atomic mass is 79.9. The molecule has 0 aromatic carbocycles. The normalized spacial score (nSPS) is 14.8. The lowest BCUT2D eigenvalue weighted by Crippen LogP contribution is -2.20. The Bertz CT molecular complexity index is 110. The highest BCUT2D eigenvalue weighted by molar-refractivity contribution is 9.10. The Morgan fingerprint density at radius 3 is 2.08 bits per heavy atom. The molecule has 3 heteroatoms. The minimum absolute atomic E-state index is 0.484. The van der Waals surface area contributed by atoms with Crippen molar-refractivity contribution < 1.29 is 8.78 Å². The molecule has 0 spiro atoms. The zero-order chi connectivity index (χ0) is 9.61. The van der Waals surface area contributed by atoms with Gasteiger partial charge in [0.25, 0.3) is 0 Å². The van der Waals surface area contributed by atoms with Crippen LogP contribution in [-0.4, -0.2) is 4.83 Å². The van der Waals surface area contributed by atoms with Gasteiger partial charge in [-0.3, -0.25) is 0 Å². The summed E-state index contributed by atoms with van der Waals surface area (Å²) in [7, 11) is 0. The first kappa shape index (κ1) is 12.3. The Balaban J connectivity index is 3.86. The molecule has 0 rings (SSSR count). The van der Waals surface area contributed by atoms with E-state index in [1.54, 1.807) is 0 Å². The maximum atomic E-state index is 12.8. The first-order valence-corrected chi connectivity index (χ1v) is 5.38. The summed E-state index contributed by atoms with van der Waals surface area (Å²) in [5.74, 6) is -0.484. The monoisotopic (exact) mass is 242 g/mol. The Hall–Kier alpha value is 0.340. The average Bonchev–Trinajstić information content (AvgIpc) is 1.95. The van der Waals surface area contributed by atoms with Gasteiger partial charge in [-0.1, -0.05) is 33.1 Å². The number of hydrogen-bond donors (Lipinski definition) is 0. The molecule has 74 valence electrons. The van der Waals surface area contributed by atoms with Gasteiger partial charge in [-0.05, 0) is 28.8 Å². The van der Waals surface area contributed by atoms with Crippen molar-refractivity contribution in [1.29, 1.82) is 0 Å². The van der Waals surface area contributed by atoms with Crippen molar-refractivity contribution in [3.05, 3.63) is 0 Å². The van der Waals surface area contributed by atoms with Crippen LogP contribution in [0.3, 0.4) is 0 Å². The third kappa shape index (κ3) is 5.07. The number of rotatable bonds is 6. The predicted molar refractivity (Wildman–Crippen MR) is 51.8 cm³/mol. The molecule has 0 aliphatic rings. The zero-order valence-corrected chi connectivity index (χ0v) is 9.33. The van der Waals surface area contributed by atoms with E-state index in [-0.39, 0.29) is 0 Å². The van der Waals surface area contributed by atoms with Crippen LogP contribution in [0.25, 0.3) is 0 Å². The number of halogens is 3. The molecule has 12 heavy (non-hydrogen) atoms. The van der Waals surface area contributed by atoms with E-state index in [0.29, 0.717) is 12.8 Å². The molecule has 0 heterocycles. The van der Waals surface area contributed by atoms with Crippen molar-refractivity contribution in [2.45, 2.75) is 50.8 Å². The third-order valence-corrected chi connectivity index (χ3v) is 2.65. The van der Waals surface area contributed by atoms with Crippen LogP contribution in [0.15, 0.2) is 0 Å². The van der Waals surface area contributed by atoms with Gasteiger partial charge < -0.3 is 0 Å². The topological polar surface area (TPSA) is 0 Å². The van der Waals surface area contributed by atoms with E-state index in [1.165, 1.54) is 0 Å². The third-order valence-electron chi connectivity index (χ3n) is 2.01. The Morgan fingerprint density at radius 1 is 1.17 bits per heavy atom. The SMILES string of the molecule is CCCCC(CCC)C(F)(F)Br. The number of hydrogen-bond acceptors (Lipinski definition) is 0. The molecule has 0 aliphatic carbocycles. The summed E-state index contributed by atoms with van der Waals surface area (Å²) in [4.78, 5) is -2.67. The van der Waals surface area contributed by atoms with E-state index in [0.717, 1.165) is 19.3 Å². The summed E-state index contributed by atoms with van der Waals surface area (Å²) in [5, 5.41) is 0. The fraction of sp³-hybridized carbons (Fsp3) is 1.00. The molecule has 0 aromatic rings. The van der Waals surface area contributed by atoms with Crippen molar-refractivity contribution in [3.8, 4) is 0 Å². The predicted octanol–water partition coefficient (Wildman–Crippen LogP) is 4.58. The van der Waals surface area contributed by atoms with Gasteiger partial charge in [0.05, 0.1) is 0 Å². The van der Waals surface area contributed by atoms with Crippen molar-refractivity contribution in [2.24, 2.45) is 5.92 Å². The summed E-state index contributed by atoms with van der Waals surface area (Å²) in [6, 6.07) is 0. The minimum Gasteiger partial charge on any atom is -0.193 e. The molecule has 0 radical (unpaired) electrons. The fourth-order valence-corrected chi connectivity index (χ4v) is 1.73. The number of alkyl halides is 3. The summed E-state index contributed by atoms with van der Waals surface area (Å²) < 4.78 is 25.6. The van der Waals surface area contributed by atoms with Crippen LogP contribution >= 0.6 is 15.9 Å². The second-order valence-corrected chi connectivity index (χ2v) is 4.23. The van der Waals surface area contributed by atoms with Crippen LogP contribution in [0.2, 0.25) is 0 Å². The highest BCUT2D eigenvalue weighted by Crippen LogP contribution is 2.37. The molecule has 0 saturated heterocycles. The number of unbranched alkanes of at least 4 members (excludes halogenated alkanes) is 1. The first-order valence-electron chi connectivity index (χ1n) is 4.59. The van der Waals surface area contributed by atoms with E-state index in [4.69, 9.17) is 0 Å². The molecule has 0 aliphatic heterocycles. The van der Waals surface area contributed by atoms with Crippen LogP contribution in [0.1, 0.15) is 46.0 Å². The van der Waals surface area contributed by atoms with Gasteiger partial charge in [0.2, 0.25) is 0 Å². The Morgan fingerprint density at radius 2 is 1.75 bits per heavy atom. The maximum absolute atomic E-state index is 12.8. The first-order chi connectivity index (χ1) is 5.52. The molecule has 0 N–H and O–H groups in total. The van der Waals surface area contributed by atoms with Crippen LogP contribution in [0.5, 0.6) is 0 Å². The molecule has 0 bridgehead atoms. The van der Waals surface area contributed by atoms with Gasteiger partial charge in [-0.2, -0.15) is 8.78 Å². The quantitative estimate of drug-likeness (QED) is 0.599. The van der Waals surface area contributed by atoms with E-state index >= 15 is 0 Å². The van der Waals surface area contributed by atoms with Crippen molar-refractivity contribution in [2.75, 3.05) is 0 Å². The minimum atomic E-state index is -2.67. The van der Waals surface area contributed by atoms with Gasteiger partial charge in [0.15, 0.2) is 0 Å². The van der Waals surface area contributed by atoms with Gasteiger partial charge in [0.1, 0.15) is 0 Å². The second kappa shape index (κ2) is 5.90. The Kier molecular flexibility index (Phi) is 6.06. The van der Waals surface area contributed by atoms with Crippen LogP contribution in [0, 0.1) is 5.92 Å². The van der Waals surface area contributed by atoms with Gasteiger partial charge in [-0.15, -0.1) is 0 Å². The second-order valence-electron chi connectivity index (χ2n) is 3.17. The van der Waals surface area contributed by atoms with Crippen LogP contribution < -0.4 is 0 Å². The van der Waals surface area contributed by atoms with Crippen molar-refractivity contribution in [3.63, 3.8) is 0 Å². The molecule has 0 saturated carbocycles. The summed E-state index contributed by atoms with van der Waals surface area (Å²) in [5.41, 5.74) is 0. The van der Waals surface area contributed by atoms with Crippen molar-refractivity contribution in [1.82, 2.24) is 0 Å². The van der Waals surface area contributed by atoms with Gasteiger partial charge in [-0.25, -0.2) is 0 Å². The van der Waals surface area contributed by atoms with Gasteiger partial charge in [0, 0.05) is 5.92 Å². The van der Waals surface area contributed by atoms with Crippen LogP contribution in [0.4, 0.5) is 8.78 Å². The molecule has 0 nitrogen and oxygen atoms in total. The zero-order valence-electron chi connectivity index (χ0n) is 7.75. The maximum Gasteiger partial charge on any atom is 0.304 e. The van der Waals surface area contributed by atoms with Crippen molar-refractivity contribution >= 4 is 15.9 Å². The molecule has 1 unspecified atom stereocenters. The van der Waals surface area contributed by atoms with E-state index < -0.39 is 10.7 Å².